The van der Waals surface area contributed by atoms with E-state index < -0.39 is 0 Å². The van der Waals surface area contributed by atoms with Gasteiger partial charge in [-0.05, 0) is 109 Å². The lowest BCUT2D eigenvalue weighted by Gasteiger charge is -2.35. The molecule has 3 aliphatic rings. The van der Waals surface area contributed by atoms with Crippen molar-refractivity contribution in [1.29, 1.82) is 0 Å². The zero-order chi connectivity index (χ0) is 38.1. The fourth-order valence-corrected chi connectivity index (χ4v) is 9.66. The number of hydrogen-bond acceptors (Lipinski definition) is 2. The molecule has 8 aromatic rings. The van der Waals surface area contributed by atoms with E-state index in [0.717, 1.165) is 22.8 Å². The molecule has 57 heavy (non-hydrogen) atoms. The predicted octanol–water partition coefficient (Wildman–Crippen LogP) is 14.3. The van der Waals surface area contributed by atoms with Gasteiger partial charge >= 0.3 is 0 Å². The minimum Gasteiger partial charge on any atom is -0.483 e. The van der Waals surface area contributed by atoms with E-state index in [9.17, 15) is 0 Å². The monoisotopic (exact) mass is 731 g/mol. The van der Waals surface area contributed by atoms with Crippen molar-refractivity contribution < 1.29 is 4.74 Å². The molecule has 11 rings (SSSR count). The molecule has 8 aromatic carbocycles. The number of anilines is 2. The fraction of sp³-hybridized carbons (Fsp3) is 0.0909. The maximum Gasteiger partial charge on any atom is 0.149 e. The van der Waals surface area contributed by atoms with Crippen LogP contribution in [-0.2, 0) is 5.41 Å². The standard InChI is InChI=1S/C55H41NO/c1-55(2)49-27-15-14-24-44(49)45-30-29-41(34-50(45)55)56(42-32-39(36-17-6-3-7-18-36)31-40(33-42)37-19-8-4-9-20-37)51-28-16-26-47-53-46-25-13-12-23-43(46)48(35-52(53)57-54(47)51)38-21-10-5-11-22-38/h3-35,47,54H,1-2H3. The second-order valence-corrected chi connectivity index (χ2v) is 16.0. The molecule has 0 spiro atoms. The predicted molar refractivity (Wildman–Crippen MR) is 237 cm³/mol. The first-order chi connectivity index (χ1) is 28.0. The van der Waals surface area contributed by atoms with Gasteiger partial charge in [0.25, 0.3) is 0 Å². The van der Waals surface area contributed by atoms with Gasteiger partial charge in [-0.25, -0.2) is 0 Å². The molecule has 0 N–H and O–H groups in total. The van der Waals surface area contributed by atoms with Crippen molar-refractivity contribution in [2.45, 2.75) is 31.3 Å². The topological polar surface area (TPSA) is 12.5 Å². The van der Waals surface area contributed by atoms with E-state index in [1.54, 1.807) is 0 Å². The van der Waals surface area contributed by atoms with E-state index in [1.807, 2.05) is 0 Å². The van der Waals surface area contributed by atoms with Gasteiger partial charge in [0, 0.05) is 28.3 Å². The van der Waals surface area contributed by atoms with Gasteiger partial charge in [0.1, 0.15) is 11.9 Å². The summed E-state index contributed by atoms with van der Waals surface area (Å²) in [5, 5.41) is 2.49. The van der Waals surface area contributed by atoms with Crippen molar-refractivity contribution in [2.24, 2.45) is 0 Å². The lowest BCUT2D eigenvalue weighted by atomic mass is 9.82. The zero-order valence-corrected chi connectivity index (χ0v) is 32.1. The molecule has 0 saturated heterocycles. The fourth-order valence-electron chi connectivity index (χ4n) is 9.66. The molecule has 0 amide bonds. The average Bonchev–Trinajstić information content (AvgIpc) is 3.77. The third-order valence-corrected chi connectivity index (χ3v) is 12.4. The maximum atomic E-state index is 7.27. The number of benzene rings is 8. The summed E-state index contributed by atoms with van der Waals surface area (Å²) in [6.07, 6.45) is 6.62. The molecule has 2 atom stereocenters. The maximum absolute atomic E-state index is 7.27. The summed E-state index contributed by atoms with van der Waals surface area (Å²) in [6.45, 7) is 4.72. The van der Waals surface area contributed by atoms with Gasteiger partial charge < -0.3 is 9.64 Å². The van der Waals surface area contributed by atoms with E-state index in [4.69, 9.17) is 4.74 Å². The van der Waals surface area contributed by atoms with Crippen LogP contribution in [0.15, 0.2) is 206 Å². The first kappa shape index (κ1) is 33.4. The van der Waals surface area contributed by atoms with Gasteiger partial charge in [0.2, 0.25) is 0 Å². The Balaban J connectivity index is 1.12. The quantitative estimate of drug-likeness (QED) is 0.169. The average molecular weight is 732 g/mol. The third kappa shape index (κ3) is 5.39. The number of hydrogen-bond donors (Lipinski definition) is 0. The van der Waals surface area contributed by atoms with Crippen LogP contribution in [0.1, 0.15) is 36.5 Å². The van der Waals surface area contributed by atoms with Crippen LogP contribution < -0.4 is 9.64 Å². The van der Waals surface area contributed by atoms with E-state index in [1.165, 1.54) is 72.0 Å². The van der Waals surface area contributed by atoms with Crippen LogP contribution in [0, 0.1) is 0 Å². The Bertz CT molecular complexity index is 2850. The van der Waals surface area contributed by atoms with Gasteiger partial charge in [-0.1, -0.05) is 172 Å². The van der Waals surface area contributed by atoms with Gasteiger partial charge in [-0.2, -0.15) is 0 Å². The van der Waals surface area contributed by atoms with E-state index in [-0.39, 0.29) is 17.4 Å². The van der Waals surface area contributed by atoms with Crippen molar-refractivity contribution in [3.63, 3.8) is 0 Å². The minimum absolute atomic E-state index is 0.0400. The van der Waals surface area contributed by atoms with E-state index >= 15 is 0 Å². The third-order valence-electron chi connectivity index (χ3n) is 12.4. The molecule has 272 valence electrons. The van der Waals surface area contributed by atoms with E-state index in [0.29, 0.717) is 0 Å². The molecule has 0 radical (unpaired) electrons. The summed E-state index contributed by atoms with van der Waals surface area (Å²) < 4.78 is 7.27. The molecule has 1 aliphatic heterocycles. The van der Waals surface area contributed by atoms with Gasteiger partial charge in [-0.3, -0.25) is 0 Å². The lowest BCUT2D eigenvalue weighted by molar-refractivity contribution is 0.253. The molecule has 2 heteroatoms. The Morgan fingerprint density at radius 1 is 0.474 bits per heavy atom. The lowest BCUT2D eigenvalue weighted by Crippen LogP contribution is -2.33. The summed E-state index contributed by atoms with van der Waals surface area (Å²) in [4.78, 5) is 2.48. The summed E-state index contributed by atoms with van der Waals surface area (Å²) in [5.41, 5.74) is 16.9. The summed E-state index contributed by atoms with van der Waals surface area (Å²) in [6, 6.07) is 66.3. The van der Waals surface area contributed by atoms with Crippen molar-refractivity contribution in [3.8, 4) is 50.3 Å². The first-order valence-corrected chi connectivity index (χ1v) is 20.0. The molecular formula is C55H41NO. The smallest absolute Gasteiger partial charge is 0.149 e. The molecule has 0 saturated carbocycles. The highest BCUT2D eigenvalue weighted by Gasteiger charge is 2.42. The van der Waals surface area contributed by atoms with Crippen LogP contribution in [-0.4, -0.2) is 6.10 Å². The van der Waals surface area contributed by atoms with Crippen LogP contribution in [0.4, 0.5) is 11.4 Å². The van der Waals surface area contributed by atoms with Crippen LogP contribution in [0.25, 0.3) is 55.3 Å². The highest BCUT2D eigenvalue weighted by atomic mass is 16.5. The van der Waals surface area contributed by atoms with E-state index in [2.05, 4.69) is 219 Å². The molecule has 2 nitrogen and oxygen atoms in total. The molecule has 0 bridgehead atoms. The van der Waals surface area contributed by atoms with Crippen molar-refractivity contribution in [1.82, 2.24) is 0 Å². The number of nitrogens with zero attached hydrogens (tertiary/aromatic N) is 1. The van der Waals surface area contributed by atoms with Crippen molar-refractivity contribution >= 4 is 22.1 Å². The van der Waals surface area contributed by atoms with Crippen molar-refractivity contribution in [3.05, 3.63) is 223 Å². The molecule has 0 aromatic heterocycles. The number of fused-ring (bicyclic) bond motifs is 8. The Labute approximate surface area is 334 Å². The Morgan fingerprint density at radius 2 is 1.07 bits per heavy atom. The number of rotatable bonds is 6. The Hall–Kier alpha value is -6.90. The number of allylic oxidation sites excluding steroid dienone is 2. The van der Waals surface area contributed by atoms with Gasteiger partial charge in [-0.15, -0.1) is 0 Å². The Morgan fingerprint density at radius 3 is 1.77 bits per heavy atom. The normalized spacial score (nSPS) is 16.9. The molecule has 2 aliphatic carbocycles. The molecule has 1 heterocycles. The van der Waals surface area contributed by atoms with Crippen LogP contribution >= 0.6 is 0 Å². The number of ether oxygens (including phenoxy) is 1. The van der Waals surface area contributed by atoms with Gasteiger partial charge in [0.15, 0.2) is 0 Å². The van der Waals surface area contributed by atoms with Gasteiger partial charge in [0.05, 0.1) is 5.70 Å². The van der Waals surface area contributed by atoms with Crippen LogP contribution in [0.3, 0.4) is 0 Å². The molecule has 0 fully saturated rings. The minimum atomic E-state index is -0.238. The summed E-state index contributed by atoms with van der Waals surface area (Å²) >= 11 is 0. The highest BCUT2D eigenvalue weighted by molar-refractivity contribution is 6.01. The zero-order valence-electron chi connectivity index (χ0n) is 32.1. The SMILES string of the molecule is CC1(C)c2ccccc2-c2ccc(N(C3=CC=CC4c5c(cc(-c6ccccc6)c6ccccc56)OC34)c3cc(-c4ccccc4)cc(-c4ccccc4)c3)cc21. The second kappa shape index (κ2) is 13.1. The second-order valence-electron chi connectivity index (χ2n) is 16.0. The Kier molecular flexibility index (Phi) is 7.69. The molecule has 2 unspecified atom stereocenters. The van der Waals surface area contributed by atoms with Crippen molar-refractivity contribution in [2.75, 3.05) is 4.90 Å². The largest absolute Gasteiger partial charge is 0.483 e. The summed E-state index contributed by atoms with van der Waals surface area (Å²) in [5.74, 6) is 0.992. The first-order valence-electron chi connectivity index (χ1n) is 20.0. The van der Waals surface area contributed by atoms with Crippen LogP contribution in [0.2, 0.25) is 0 Å². The van der Waals surface area contributed by atoms with Crippen LogP contribution in [0.5, 0.6) is 5.75 Å². The summed E-state index contributed by atoms with van der Waals surface area (Å²) in [7, 11) is 0. The molecular weight excluding hydrogens is 691 g/mol. The highest BCUT2D eigenvalue weighted by Crippen LogP contribution is 2.54.